The Balaban J connectivity index is 2.37. The molecule has 0 saturated carbocycles. The van der Waals surface area contributed by atoms with Gasteiger partial charge in [0.2, 0.25) is 10.0 Å². The van der Waals surface area contributed by atoms with Crippen LogP contribution in [0.2, 0.25) is 0 Å². The van der Waals surface area contributed by atoms with Crippen LogP contribution < -0.4 is 10.0 Å². The Hall–Kier alpha value is -0.170. The summed E-state index contributed by atoms with van der Waals surface area (Å²) in [4.78, 5) is 2.44. The highest BCUT2D eigenvalue weighted by Gasteiger charge is 2.27. The minimum absolute atomic E-state index is 0.446. The average molecular weight is 277 g/mol. The summed E-state index contributed by atoms with van der Waals surface area (Å²) in [6.45, 7) is 11.0. The van der Waals surface area contributed by atoms with E-state index in [0.29, 0.717) is 18.6 Å². The molecule has 0 amide bonds. The van der Waals surface area contributed by atoms with E-state index < -0.39 is 15.6 Å². The molecule has 0 spiro atoms. The van der Waals surface area contributed by atoms with Crippen LogP contribution >= 0.6 is 0 Å². The number of likely N-dealkylation sites (tertiary alicyclic amines) is 1. The van der Waals surface area contributed by atoms with Crippen molar-refractivity contribution in [1.29, 1.82) is 0 Å². The fourth-order valence-electron chi connectivity index (χ4n) is 2.36. The van der Waals surface area contributed by atoms with Crippen LogP contribution in [-0.4, -0.2) is 56.8 Å². The maximum atomic E-state index is 11.2. The van der Waals surface area contributed by atoms with Crippen LogP contribution in [0.5, 0.6) is 0 Å². The molecule has 0 radical (unpaired) electrons. The van der Waals surface area contributed by atoms with Crippen molar-refractivity contribution < 1.29 is 8.42 Å². The molecule has 5 nitrogen and oxygen atoms in total. The van der Waals surface area contributed by atoms with E-state index >= 15 is 0 Å². The Labute approximate surface area is 111 Å². The molecule has 1 saturated heterocycles. The Morgan fingerprint density at radius 3 is 2.44 bits per heavy atom. The van der Waals surface area contributed by atoms with Crippen molar-refractivity contribution in [3.8, 4) is 0 Å². The first kappa shape index (κ1) is 15.9. The van der Waals surface area contributed by atoms with Crippen molar-refractivity contribution in [1.82, 2.24) is 14.9 Å². The maximum absolute atomic E-state index is 11.2. The van der Waals surface area contributed by atoms with Gasteiger partial charge in [-0.3, -0.25) is 4.90 Å². The number of hydrogen-bond donors (Lipinski definition) is 2. The normalized spacial score (nSPS) is 22.9. The molecule has 0 bridgehead atoms. The summed E-state index contributed by atoms with van der Waals surface area (Å²) in [5, 5.41) is 3.46. The predicted octanol–water partition coefficient (Wildman–Crippen LogP) is 0.387. The van der Waals surface area contributed by atoms with Gasteiger partial charge in [-0.25, -0.2) is 13.1 Å². The summed E-state index contributed by atoms with van der Waals surface area (Å²) < 4.78 is 25.1. The zero-order chi connectivity index (χ0) is 14.0. The molecule has 1 fully saturated rings. The Morgan fingerprint density at radius 2 is 2.00 bits per heavy atom. The van der Waals surface area contributed by atoms with Crippen molar-refractivity contribution in [2.45, 2.75) is 51.7 Å². The van der Waals surface area contributed by atoms with Gasteiger partial charge in [-0.1, -0.05) is 0 Å². The van der Waals surface area contributed by atoms with Gasteiger partial charge in [0, 0.05) is 30.7 Å². The van der Waals surface area contributed by atoms with E-state index in [2.05, 4.69) is 28.8 Å². The van der Waals surface area contributed by atoms with E-state index in [0.717, 1.165) is 19.5 Å². The molecule has 0 aromatic heterocycles. The molecular formula is C12H27N3O2S. The Kier molecular flexibility index (Phi) is 5.17. The number of nitrogens with zero attached hydrogens (tertiary/aromatic N) is 1. The minimum atomic E-state index is -3.15. The molecule has 0 aromatic rings. The molecule has 1 aliphatic heterocycles. The molecule has 2 N–H and O–H groups in total. The zero-order valence-corrected chi connectivity index (χ0v) is 13.0. The lowest BCUT2D eigenvalue weighted by molar-refractivity contribution is 0.265. The summed E-state index contributed by atoms with van der Waals surface area (Å²) >= 11 is 0. The summed E-state index contributed by atoms with van der Waals surface area (Å²) in [6, 6.07) is 1.05. The molecule has 0 aromatic carbocycles. The van der Waals surface area contributed by atoms with Crippen LogP contribution in [0.25, 0.3) is 0 Å². The van der Waals surface area contributed by atoms with Crippen LogP contribution in [0.15, 0.2) is 0 Å². The van der Waals surface area contributed by atoms with Crippen molar-refractivity contribution in [3.05, 3.63) is 0 Å². The molecule has 1 heterocycles. The van der Waals surface area contributed by atoms with Gasteiger partial charge >= 0.3 is 0 Å². The first-order valence-electron chi connectivity index (χ1n) is 6.55. The van der Waals surface area contributed by atoms with Gasteiger partial charge in [-0.15, -0.1) is 0 Å². The largest absolute Gasteiger partial charge is 0.311 e. The average Bonchev–Trinajstić information content (AvgIpc) is 2.59. The second-order valence-electron chi connectivity index (χ2n) is 6.21. The fraction of sp³-hybridized carbons (Fsp3) is 1.00. The zero-order valence-electron chi connectivity index (χ0n) is 12.2. The lowest BCUT2D eigenvalue weighted by atomic mass is 10.1. The van der Waals surface area contributed by atoms with Crippen LogP contribution in [0, 0.1) is 0 Å². The topological polar surface area (TPSA) is 61.4 Å². The third-order valence-electron chi connectivity index (χ3n) is 3.24. The van der Waals surface area contributed by atoms with Crippen LogP contribution in [0.1, 0.15) is 34.1 Å². The monoisotopic (exact) mass is 277 g/mol. The van der Waals surface area contributed by atoms with Crippen molar-refractivity contribution >= 4 is 10.0 Å². The summed E-state index contributed by atoms with van der Waals surface area (Å²) in [5.41, 5.74) is -0.446. The third-order valence-corrected chi connectivity index (χ3v) is 4.17. The van der Waals surface area contributed by atoms with Crippen molar-refractivity contribution in [2.24, 2.45) is 0 Å². The van der Waals surface area contributed by atoms with Gasteiger partial charge < -0.3 is 5.32 Å². The van der Waals surface area contributed by atoms with Crippen molar-refractivity contribution in [2.75, 3.05) is 25.9 Å². The smallest absolute Gasteiger partial charge is 0.209 e. The maximum Gasteiger partial charge on any atom is 0.209 e. The first-order chi connectivity index (χ1) is 8.09. The number of nitrogens with one attached hydrogen (secondary N) is 2. The lowest BCUT2D eigenvalue weighted by Gasteiger charge is -2.27. The van der Waals surface area contributed by atoms with Gasteiger partial charge in [0.15, 0.2) is 0 Å². The first-order valence-corrected chi connectivity index (χ1v) is 8.44. The summed E-state index contributed by atoms with van der Waals surface area (Å²) in [7, 11) is -3.15. The predicted molar refractivity (Wildman–Crippen MR) is 75.2 cm³/mol. The highest BCUT2D eigenvalue weighted by molar-refractivity contribution is 7.88. The molecular weight excluding hydrogens is 250 g/mol. The molecule has 18 heavy (non-hydrogen) atoms. The quantitative estimate of drug-likeness (QED) is 0.737. The summed E-state index contributed by atoms with van der Waals surface area (Å²) in [6.07, 6.45) is 2.33. The molecule has 0 aliphatic carbocycles. The van der Waals surface area contributed by atoms with Gasteiger partial charge in [0.25, 0.3) is 0 Å². The van der Waals surface area contributed by atoms with E-state index in [4.69, 9.17) is 0 Å². The van der Waals surface area contributed by atoms with Gasteiger partial charge in [0.05, 0.1) is 6.26 Å². The molecule has 1 atom stereocenters. The molecule has 1 unspecified atom stereocenters. The van der Waals surface area contributed by atoms with Crippen molar-refractivity contribution in [3.63, 3.8) is 0 Å². The number of hydrogen-bond acceptors (Lipinski definition) is 4. The Morgan fingerprint density at radius 1 is 1.39 bits per heavy atom. The number of rotatable bonds is 6. The van der Waals surface area contributed by atoms with E-state index in [1.807, 2.05) is 13.8 Å². The van der Waals surface area contributed by atoms with Gasteiger partial charge in [-0.2, -0.15) is 0 Å². The molecule has 1 rings (SSSR count). The van der Waals surface area contributed by atoms with Crippen LogP contribution in [-0.2, 0) is 10.0 Å². The second kappa shape index (κ2) is 5.86. The van der Waals surface area contributed by atoms with E-state index in [9.17, 15) is 8.42 Å². The molecule has 108 valence electrons. The van der Waals surface area contributed by atoms with Gasteiger partial charge in [0.1, 0.15) is 0 Å². The molecule has 1 aliphatic rings. The Bertz CT molecular complexity index is 366. The minimum Gasteiger partial charge on any atom is -0.311 e. The van der Waals surface area contributed by atoms with E-state index in [1.165, 1.54) is 6.26 Å². The SMILES string of the molecule is CC(C)N1CCC(NCC(C)(C)NS(C)(=O)=O)C1. The standard InChI is InChI=1S/C12H27N3O2S/c1-10(2)15-7-6-11(8-15)13-9-12(3,4)14-18(5,16)17/h10-11,13-14H,6-9H2,1-5H3. The number of sulfonamides is 1. The lowest BCUT2D eigenvalue weighted by Crippen LogP contribution is -2.52. The van der Waals surface area contributed by atoms with Crippen LogP contribution in [0.4, 0.5) is 0 Å². The highest BCUT2D eigenvalue weighted by Crippen LogP contribution is 2.13. The third kappa shape index (κ3) is 5.65. The second-order valence-corrected chi connectivity index (χ2v) is 7.96. The van der Waals surface area contributed by atoms with E-state index in [1.54, 1.807) is 0 Å². The molecule has 6 heteroatoms. The van der Waals surface area contributed by atoms with E-state index in [-0.39, 0.29) is 0 Å². The van der Waals surface area contributed by atoms with Crippen LogP contribution in [0.3, 0.4) is 0 Å². The van der Waals surface area contributed by atoms with Gasteiger partial charge in [-0.05, 0) is 40.7 Å². The fourth-order valence-corrected chi connectivity index (χ4v) is 3.44. The summed E-state index contributed by atoms with van der Waals surface area (Å²) in [5.74, 6) is 0. The highest BCUT2D eigenvalue weighted by atomic mass is 32.2.